The van der Waals surface area contributed by atoms with Crippen LogP contribution in [0.15, 0.2) is 47.8 Å². The van der Waals surface area contributed by atoms with Crippen LogP contribution in [0.25, 0.3) is 10.6 Å². The normalized spacial score (nSPS) is 10.7. The number of benzene rings is 2. The van der Waals surface area contributed by atoms with Crippen LogP contribution >= 0.6 is 11.3 Å². The average molecular weight is 404 g/mol. The Hall–Kier alpha value is -2.84. The van der Waals surface area contributed by atoms with Crippen LogP contribution in [0, 0.1) is 11.6 Å². The summed E-state index contributed by atoms with van der Waals surface area (Å²) in [5, 5.41) is 5.10. The Kier molecular flexibility index (Phi) is 6.67. The first-order valence-electron chi connectivity index (χ1n) is 8.46. The van der Waals surface area contributed by atoms with Gasteiger partial charge in [0.2, 0.25) is 0 Å². The van der Waals surface area contributed by atoms with Gasteiger partial charge in [-0.05, 0) is 42.5 Å². The number of hydrogen-bond acceptors (Lipinski definition) is 5. The zero-order chi connectivity index (χ0) is 19.9. The number of hydrogen-bond donors (Lipinski definition) is 1. The third-order valence-electron chi connectivity index (χ3n) is 3.83. The molecule has 2 aromatic carbocycles. The van der Waals surface area contributed by atoms with Crippen LogP contribution in [0.5, 0.6) is 5.75 Å². The van der Waals surface area contributed by atoms with Gasteiger partial charge in [-0.2, -0.15) is 0 Å². The van der Waals surface area contributed by atoms with Crippen molar-refractivity contribution in [1.29, 1.82) is 0 Å². The fourth-order valence-electron chi connectivity index (χ4n) is 2.38. The maximum Gasteiger partial charge on any atom is 0.270 e. The zero-order valence-corrected chi connectivity index (χ0v) is 15.9. The third-order valence-corrected chi connectivity index (χ3v) is 4.72. The minimum absolute atomic E-state index is 0.0774. The van der Waals surface area contributed by atoms with Gasteiger partial charge < -0.3 is 14.8 Å². The van der Waals surface area contributed by atoms with Gasteiger partial charge in [0.15, 0.2) is 0 Å². The number of rotatable bonds is 8. The molecule has 8 heteroatoms. The number of nitrogens with one attached hydrogen (secondary N) is 1. The number of methoxy groups -OCH3 is 1. The lowest BCUT2D eigenvalue weighted by atomic mass is 10.2. The summed E-state index contributed by atoms with van der Waals surface area (Å²) in [4.78, 5) is 16.3. The summed E-state index contributed by atoms with van der Waals surface area (Å²) in [5.41, 5.74) is 1.32. The van der Waals surface area contributed by atoms with Crippen LogP contribution in [-0.4, -0.2) is 31.2 Å². The van der Waals surface area contributed by atoms with E-state index in [9.17, 15) is 13.6 Å². The monoisotopic (exact) mass is 404 g/mol. The van der Waals surface area contributed by atoms with Crippen molar-refractivity contribution < 1.29 is 23.0 Å². The van der Waals surface area contributed by atoms with E-state index in [1.54, 1.807) is 36.8 Å². The molecule has 0 spiro atoms. The SMILES string of the molecule is COCCNC(=O)c1csc(-c2ccc(OCc3cc(F)ccc3F)cc2)n1. The molecule has 146 valence electrons. The van der Waals surface area contributed by atoms with E-state index in [0.29, 0.717) is 29.6 Å². The van der Waals surface area contributed by atoms with Crippen molar-refractivity contribution in [2.75, 3.05) is 20.3 Å². The summed E-state index contributed by atoms with van der Waals surface area (Å²) in [6.07, 6.45) is 0. The van der Waals surface area contributed by atoms with Crippen LogP contribution in [0.2, 0.25) is 0 Å². The molecule has 0 saturated heterocycles. The molecule has 0 bridgehead atoms. The molecule has 28 heavy (non-hydrogen) atoms. The Bertz CT molecular complexity index is 945. The van der Waals surface area contributed by atoms with Gasteiger partial charge in [0.25, 0.3) is 5.91 Å². The van der Waals surface area contributed by atoms with Gasteiger partial charge in [0.05, 0.1) is 6.61 Å². The van der Waals surface area contributed by atoms with E-state index in [1.807, 2.05) is 0 Å². The fraction of sp³-hybridized carbons (Fsp3) is 0.200. The van der Waals surface area contributed by atoms with Crippen molar-refractivity contribution >= 4 is 17.2 Å². The standard InChI is InChI=1S/C20H18F2N2O3S/c1-26-9-8-23-19(25)18-12-28-20(24-18)13-2-5-16(6-3-13)27-11-14-10-15(21)4-7-17(14)22/h2-7,10,12H,8-9,11H2,1H3,(H,23,25). The van der Waals surface area contributed by atoms with E-state index in [1.165, 1.54) is 11.3 Å². The fourth-order valence-corrected chi connectivity index (χ4v) is 3.18. The third kappa shape index (κ3) is 5.11. The van der Waals surface area contributed by atoms with E-state index in [2.05, 4.69) is 10.3 Å². The van der Waals surface area contributed by atoms with Crippen molar-refractivity contribution in [2.45, 2.75) is 6.61 Å². The number of aromatic nitrogens is 1. The maximum atomic E-state index is 13.6. The number of carbonyl (C=O) groups is 1. The first kappa shape index (κ1) is 19.9. The minimum atomic E-state index is -0.517. The molecule has 0 saturated carbocycles. The van der Waals surface area contributed by atoms with E-state index in [0.717, 1.165) is 23.8 Å². The highest BCUT2D eigenvalue weighted by Gasteiger charge is 2.12. The highest BCUT2D eigenvalue weighted by Crippen LogP contribution is 2.26. The van der Waals surface area contributed by atoms with Gasteiger partial charge in [-0.1, -0.05) is 0 Å². The van der Waals surface area contributed by atoms with Gasteiger partial charge in [-0.3, -0.25) is 4.79 Å². The first-order chi connectivity index (χ1) is 13.6. The Labute approximate surface area is 164 Å². The largest absolute Gasteiger partial charge is 0.489 e. The summed E-state index contributed by atoms with van der Waals surface area (Å²) in [5.74, 6) is -0.767. The van der Waals surface area contributed by atoms with Crippen LogP contribution in [-0.2, 0) is 11.3 Å². The van der Waals surface area contributed by atoms with Crippen molar-refractivity contribution in [2.24, 2.45) is 0 Å². The average Bonchev–Trinajstić information content (AvgIpc) is 3.19. The van der Waals surface area contributed by atoms with Crippen LogP contribution in [0.3, 0.4) is 0 Å². The second-order valence-electron chi connectivity index (χ2n) is 5.84. The molecule has 0 atom stereocenters. The smallest absolute Gasteiger partial charge is 0.270 e. The molecule has 0 aliphatic carbocycles. The molecule has 0 radical (unpaired) electrons. The molecule has 0 unspecified atom stereocenters. The summed E-state index contributed by atoms with van der Waals surface area (Å²) in [6.45, 7) is 0.774. The first-order valence-corrected chi connectivity index (χ1v) is 9.34. The lowest BCUT2D eigenvalue weighted by Gasteiger charge is -2.08. The maximum absolute atomic E-state index is 13.6. The predicted molar refractivity (Wildman–Crippen MR) is 102 cm³/mol. The van der Waals surface area contributed by atoms with Gasteiger partial charge in [0.1, 0.15) is 34.7 Å². The Balaban J connectivity index is 1.61. The second-order valence-corrected chi connectivity index (χ2v) is 6.69. The van der Waals surface area contributed by atoms with Crippen LogP contribution < -0.4 is 10.1 Å². The van der Waals surface area contributed by atoms with Gasteiger partial charge in [-0.15, -0.1) is 11.3 Å². The van der Waals surface area contributed by atoms with Crippen LogP contribution in [0.1, 0.15) is 16.1 Å². The molecule has 1 N–H and O–H groups in total. The molecule has 1 heterocycles. The summed E-state index contributed by atoms with van der Waals surface area (Å²) >= 11 is 1.35. The molecule has 3 aromatic rings. The zero-order valence-electron chi connectivity index (χ0n) is 15.1. The lowest BCUT2D eigenvalue weighted by Crippen LogP contribution is -2.27. The van der Waals surface area contributed by atoms with E-state index >= 15 is 0 Å². The number of amides is 1. The minimum Gasteiger partial charge on any atom is -0.489 e. The molecular weight excluding hydrogens is 386 g/mol. The summed E-state index contributed by atoms with van der Waals surface area (Å²) in [6, 6.07) is 10.3. The number of nitrogens with zero attached hydrogens (tertiary/aromatic N) is 1. The van der Waals surface area contributed by atoms with Crippen LogP contribution in [0.4, 0.5) is 8.78 Å². The number of halogens is 2. The molecule has 1 aromatic heterocycles. The van der Waals surface area contributed by atoms with Gasteiger partial charge in [-0.25, -0.2) is 13.8 Å². The highest BCUT2D eigenvalue weighted by molar-refractivity contribution is 7.13. The van der Waals surface area contributed by atoms with Crippen molar-refractivity contribution in [1.82, 2.24) is 10.3 Å². The topological polar surface area (TPSA) is 60.5 Å². The van der Waals surface area contributed by atoms with Gasteiger partial charge in [0, 0.05) is 30.2 Å². The van der Waals surface area contributed by atoms with E-state index < -0.39 is 11.6 Å². The molecule has 1 amide bonds. The summed E-state index contributed by atoms with van der Waals surface area (Å²) < 4.78 is 37.2. The Morgan fingerprint density at radius 1 is 1.18 bits per heavy atom. The molecule has 5 nitrogen and oxygen atoms in total. The van der Waals surface area contributed by atoms with E-state index in [4.69, 9.17) is 9.47 Å². The van der Waals surface area contributed by atoms with Crippen molar-refractivity contribution in [3.63, 3.8) is 0 Å². The van der Waals surface area contributed by atoms with Gasteiger partial charge >= 0.3 is 0 Å². The number of ether oxygens (including phenoxy) is 2. The summed E-state index contributed by atoms with van der Waals surface area (Å²) in [7, 11) is 1.56. The molecule has 3 rings (SSSR count). The number of carbonyl (C=O) groups excluding carboxylic acids is 1. The quantitative estimate of drug-likeness (QED) is 0.576. The Morgan fingerprint density at radius 3 is 2.71 bits per heavy atom. The lowest BCUT2D eigenvalue weighted by molar-refractivity contribution is 0.0933. The Morgan fingerprint density at radius 2 is 1.96 bits per heavy atom. The van der Waals surface area contributed by atoms with Crippen molar-refractivity contribution in [3.8, 4) is 16.3 Å². The molecule has 0 aliphatic heterocycles. The van der Waals surface area contributed by atoms with Crippen molar-refractivity contribution in [3.05, 3.63) is 70.7 Å². The second kappa shape index (κ2) is 9.38. The highest BCUT2D eigenvalue weighted by atomic mass is 32.1. The molecule has 0 fully saturated rings. The molecule has 0 aliphatic rings. The van der Waals surface area contributed by atoms with E-state index in [-0.39, 0.29) is 18.1 Å². The molecular formula is C20H18F2N2O3S. The predicted octanol–water partition coefficient (Wildman–Crippen LogP) is 4.04. The number of thiazole rings is 1.